The summed E-state index contributed by atoms with van der Waals surface area (Å²) in [5.41, 5.74) is 2.81. The van der Waals surface area contributed by atoms with Gasteiger partial charge in [-0.15, -0.1) is 0 Å². The minimum absolute atomic E-state index is 0.839. The minimum atomic E-state index is 0.839. The van der Waals surface area contributed by atoms with Crippen LogP contribution in [-0.2, 0) is 12.8 Å². The number of unbranched alkanes of at least 4 members (excludes halogenated alkanes) is 24. The summed E-state index contributed by atoms with van der Waals surface area (Å²) in [6.45, 7) is 10.9. The lowest BCUT2D eigenvalue weighted by Crippen LogP contribution is -2.08. The number of aryl methyl sites for hydroxylation is 1. The molecule has 0 aliphatic rings. The van der Waals surface area contributed by atoms with Crippen LogP contribution in [0.2, 0.25) is 0 Å². The standard InChI is InChI=1S/C42H78O2/c1-5-9-13-17-21-25-29-33-39-35-36-41(43-37-31-27-23-19-15-11-7-3)40(34-30-26-22-18-14-10-6-2)42(39)44-38-32-28-24-20-16-12-8-4/h35-36H,5-34,37-38H2,1-4H3. The lowest BCUT2D eigenvalue weighted by atomic mass is 9.97. The molecule has 0 amide bonds. The van der Waals surface area contributed by atoms with Crippen molar-refractivity contribution in [1.82, 2.24) is 0 Å². The zero-order chi connectivity index (χ0) is 31.8. The van der Waals surface area contributed by atoms with Crippen molar-refractivity contribution in [2.24, 2.45) is 0 Å². The average molecular weight is 615 g/mol. The van der Waals surface area contributed by atoms with Gasteiger partial charge < -0.3 is 9.47 Å². The van der Waals surface area contributed by atoms with Crippen molar-refractivity contribution in [3.8, 4) is 11.5 Å². The van der Waals surface area contributed by atoms with E-state index in [0.29, 0.717) is 0 Å². The molecule has 0 fully saturated rings. The fourth-order valence-corrected chi connectivity index (χ4v) is 6.41. The summed E-state index contributed by atoms with van der Waals surface area (Å²) in [7, 11) is 0. The van der Waals surface area contributed by atoms with Gasteiger partial charge in [-0.1, -0.05) is 188 Å². The van der Waals surface area contributed by atoms with Gasteiger partial charge in [-0.3, -0.25) is 0 Å². The molecular weight excluding hydrogens is 536 g/mol. The number of hydrogen-bond donors (Lipinski definition) is 0. The zero-order valence-electron chi connectivity index (χ0n) is 30.6. The van der Waals surface area contributed by atoms with E-state index in [0.717, 1.165) is 38.2 Å². The van der Waals surface area contributed by atoms with Gasteiger partial charge in [-0.25, -0.2) is 0 Å². The largest absolute Gasteiger partial charge is 0.493 e. The first-order chi connectivity index (χ1) is 21.8. The molecule has 0 spiro atoms. The second-order valence-corrected chi connectivity index (χ2v) is 13.7. The van der Waals surface area contributed by atoms with Crippen molar-refractivity contribution < 1.29 is 9.47 Å². The van der Waals surface area contributed by atoms with Crippen LogP contribution in [0.3, 0.4) is 0 Å². The van der Waals surface area contributed by atoms with E-state index in [1.807, 2.05) is 0 Å². The van der Waals surface area contributed by atoms with E-state index < -0.39 is 0 Å². The molecule has 0 unspecified atom stereocenters. The van der Waals surface area contributed by atoms with E-state index in [9.17, 15) is 0 Å². The van der Waals surface area contributed by atoms with Crippen LogP contribution in [0, 0.1) is 0 Å². The van der Waals surface area contributed by atoms with Gasteiger partial charge in [0.05, 0.1) is 13.2 Å². The van der Waals surface area contributed by atoms with Crippen LogP contribution >= 0.6 is 0 Å². The molecule has 0 aliphatic heterocycles. The quantitative estimate of drug-likeness (QED) is 0.0719. The molecule has 0 saturated heterocycles. The van der Waals surface area contributed by atoms with E-state index in [1.165, 1.54) is 190 Å². The third-order valence-corrected chi connectivity index (χ3v) is 9.38. The van der Waals surface area contributed by atoms with E-state index >= 15 is 0 Å². The summed E-state index contributed by atoms with van der Waals surface area (Å²) in [6.07, 6.45) is 39.7. The molecule has 0 heterocycles. The maximum absolute atomic E-state index is 6.76. The Hall–Kier alpha value is -1.18. The topological polar surface area (TPSA) is 18.5 Å². The Labute approximate surface area is 277 Å². The molecule has 0 bridgehead atoms. The molecule has 0 N–H and O–H groups in total. The molecule has 0 radical (unpaired) electrons. The monoisotopic (exact) mass is 615 g/mol. The van der Waals surface area contributed by atoms with Gasteiger partial charge in [0.2, 0.25) is 0 Å². The van der Waals surface area contributed by atoms with Crippen molar-refractivity contribution >= 4 is 0 Å². The highest BCUT2D eigenvalue weighted by molar-refractivity contribution is 5.50. The van der Waals surface area contributed by atoms with Crippen molar-refractivity contribution in [2.75, 3.05) is 13.2 Å². The van der Waals surface area contributed by atoms with Crippen LogP contribution in [0.4, 0.5) is 0 Å². The van der Waals surface area contributed by atoms with Gasteiger partial charge in [0.25, 0.3) is 0 Å². The summed E-state index contributed by atoms with van der Waals surface area (Å²) in [5.74, 6) is 2.31. The molecule has 2 nitrogen and oxygen atoms in total. The van der Waals surface area contributed by atoms with Crippen molar-refractivity contribution in [3.63, 3.8) is 0 Å². The first-order valence-electron chi connectivity index (χ1n) is 20.2. The molecule has 1 rings (SSSR count). The normalized spacial score (nSPS) is 11.4. The van der Waals surface area contributed by atoms with Gasteiger partial charge in [-0.2, -0.15) is 0 Å². The number of ether oxygens (including phenoxy) is 2. The predicted octanol–water partition coefficient (Wildman–Crippen LogP) is 14.5. The summed E-state index contributed by atoms with van der Waals surface area (Å²) in [4.78, 5) is 0. The van der Waals surface area contributed by atoms with Crippen LogP contribution in [0.25, 0.3) is 0 Å². The Morgan fingerprint density at radius 2 is 0.727 bits per heavy atom. The third-order valence-electron chi connectivity index (χ3n) is 9.38. The maximum atomic E-state index is 6.76. The Morgan fingerprint density at radius 1 is 0.364 bits per heavy atom. The van der Waals surface area contributed by atoms with Crippen LogP contribution in [-0.4, -0.2) is 13.2 Å². The Balaban J connectivity index is 2.87. The molecular formula is C42H78O2. The average Bonchev–Trinajstić information content (AvgIpc) is 3.03. The van der Waals surface area contributed by atoms with Gasteiger partial charge in [0, 0.05) is 5.56 Å². The van der Waals surface area contributed by atoms with Gasteiger partial charge in [0.1, 0.15) is 11.5 Å². The van der Waals surface area contributed by atoms with E-state index in [-0.39, 0.29) is 0 Å². The predicted molar refractivity (Wildman–Crippen MR) is 197 cm³/mol. The number of rotatable bonds is 34. The summed E-state index contributed by atoms with van der Waals surface area (Å²) < 4.78 is 13.3. The van der Waals surface area contributed by atoms with Crippen LogP contribution in [0.1, 0.15) is 219 Å². The molecule has 0 saturated carbocycles. The Kier molecular flexibility index (Phi) is 29.5. The fourth-order valence-electron chi connectivity index (χ4n) is 6.41. The van der Waals surface area contributed by atoms with Gasteiger partial charge >= 0.3 is 0 Å². The summed E-state index contributed by atoms with van der Waals surface area (Å²) >= 11 is 0. The lowest BCUT2D eigenvalue weighted by Gasteiger charge is -2.20. The molecule has 2 heteroatoms. The lowest BCUT2D eigenvalue weighted by molar-refractivity contribution is 0.281. The van der Waals surface area contributed by atoms with Crippen molar-refractivity contribution in [3.05, 3.63) is 23.3 Å². The SMILES string of the molecule is CCCCCCCCCOc1ccc(CCCCCCCCC)c(OCCCCCCCCC)c1CCCCCCCCC. The summed E-state index contributed by atoms with van der Waals surface area (Å²) in [6, 6.07) is 4.65. The van der Waals surface area contributed by atoms with Gasteiger partial charge in [0.15, 0.2) is 0 Å². The van der Waals surface area contributed by atoms with Crippen LogP contribution < -0.4 is 9.47 Å². The maximum Gasteiger partial charge on any atom is 0.129 e. The van der Waals surface area contributed by atoms with Crippen molar-refractivity contribution in [2.45, 2.75) is 220 Å². The van der Waals surface area contributed by atoms with Gasteiger partial charge in [-0.05, 0) is 50.2 Å². The third kappa shape index (κ3) is 22.3. The minimum Gasteiger partial charge on any atom is -0.493 e. The Bertz CT molecular complexity index is 727. The van der Waals surface area contributed by atoms with E-state index in [1.54, 1.807) is 0 Å². The molecule has 258 valence electrons. The highest BCUT2D eigenvalue weighted by atomic mass is 16.5. The fraction of sp³-hybridized carbons (Fsp3) is 0.857. The zero-order valence-corrected chi connectivity index (χ0v) is 30.6. The molecule has 0 aliphatic carbocycles. The molecule has 44 heavy (non-hydrogen) atoms. The number of benzene rings is 1. The smallest absolute Gasteiger partial charge is 0.129 e. The highest BCUT2D eigenvalue weighted by Crippen LogP contribution is 2.36. The van der Waals surface area contributed by atoms with Crippen molar-refractivity contribution in [1.29, 1.82) is 0 Å². The second-order valence-electron chi connectivity index (χ2n) is 13.7. The molecule has 0 atom stereocenters. The highest BCUT2D eigenvalue weighted by Gasteiger charge is 2.16. The number of hydrogen-bond acceptors (Lipinski definition) is 2. The second kappa shape index (κ2) is 31.8. The van der Waals surface area contributed by atoms with E-state index in [2.05, 4.69) is 39.8 Å². The molecule has 0 aromatic heterocycles. The summed E-state index contributed by atoms with van der Waals surface area (Å²) in [5, 5.41) is 0. The van der Waals surface area contributed by atoms with Crippen LogP contribution in [0.5, 0.6) is 11.5 Å². The molecule has 1 aromatic rings. The first-order valence-corrected chi connectivity index (χ1v) is 20.2. The first kappa shape index (κ1) is 40.8. The van der Waals surface area contributed by atoms with E-state index in [4.69, 9.17) is 9.47 Å². The Morgan fingerprint density at radius 3 is 1.18 bits per heavy atom. The van der Waals surface area contributed by atoms with Crippen LogP contribution in [0.15, 0.2) is 12.1 Å². The molecule has 1 aromatic carbocycles.